The maximum absolute atomic E-state index is 12.1. The number of hydrogen-bond acceptors (Lipinski definition) is 1. The summed E-state index contributed by atoms with van der Waals surface area (Å²) in [5.74, 6) is 0.107. The zero-order valence-corrected chi connectivity index (χ0v) is 11.2. The summed E-state index contributed by atoms with van der Waals surface area (Å²) in [6, 6.07) is 16.5. The minimum absolute atomic E-state index is 0.107. The monoisotopic (exact) mass is 251 g/mol. The molecule has 0 radical (unpaired) electrons. The van der Waals surface area contributed by atoms with Crippen molar-refractivity contribution in [3.63, 3.8) is 0 Å². The molecule has 2 heteroatoms. The van der Waals surface area contributed by atoms with Crippen LogP contribution >= 0.6 is 0 Å². The molecule has 2 aromatic rings. The molecular weight excluding hydrogens is 234 g/mol. The lowest BCUT2D eigenvalue weighted by Gasteiger charge is -2.20. The van der Waals surface area contributed by atoms with Gasteiger partial charge in [0.15, 0.2) is 0 Å². The topological polar surface area (TPSA) is 29.1 Å². The molecular formula is C17H17NO. The van der Waals surface area contributed by atoms with Gasteiger partial charge in [0.05, 0.1) is 5.41 Å². The lowest BCUT2D eigenvalue weighted by atomic mass is 9.80. The SMILES string of the molecule is CCC1(C)C(=O)Nc2ccc(-c3ccccc3)cc21. The van der Waals surface area contributed by atoms with Gasteiger partial charge < -0.3 is 5.32 Å². The van der Waals surface area contributed by atoms with Crippen molar-refractivity contribution < 1.29 is 4.79 Å². The fourth-order valence-corrected chi connectivity index (χ4v) is 2.65. The van der Waals surface area contributed by atoms with Gasteiger partial charge in [-0.15, -0.1) is 0 Å². The van der Waals surface area contributed by atoms with E-state index in [1.165, 1.54) is 5.56 Å². The number of benzene rings is 2. The van der Waals surface area contributed by atoms with E-state index < -0.39 is 5.41 Å². The Morgan fingerprint density at radius 1 is 1.05 bits per heavy atom. The average molecular weight is 251 g/mol. The van der Waals surface area contributed by atoms with Gasteiger partial charge in [0.25, 0.3) is 0 Å². The average Bonchev–Trinajstić information content (AvgIpc) is 2.72. The third-order valence-corrected chi connectivity index (χ3v) is 4.18. The molecule has 2 nitrogen and oxygen atoms in total. The van der Waals surface area contributed by atoms with Gasteiger partial charge in [0, 0.05) is 5.69 Å². The van der Waals surface area contributed by atoms with E-state index in [0.29, 0.717) is 0 Å². The van der Waals surface area contributed by atoms with Gasteiger partial charge in [0.1, 0.15) is 0 Å². The van der Waals surface area contributed by atoms with Gasteiger partial charge in [-0.2, -0.15) is 0 Å². The molecule has 96 valence electrons. The highest BCUT2D eigenvalue weighted by Gasteiger charge is 2.41. The molecule has 0 saturated heterocycles. The molecule has 0 aromatic heterocycles. The summed E-state index contributed by atoms with van der Waals surface area (Å²) in [5.41, 5.74) is 4.01. The smallest absolute Gasteiger partial charge is 0.234 e. The van der Waals surface area contributed by atoms with Crippen LogP contribution in [0, 0.1) is 0 Å². The summed E-state index contributed by atoms with van der Waals surface area (Å²) in [6.07, 6.45) is 0.810. The van der Waals surface area contributed by atoms with Crippen molar-refractivity contribution in [1.29, 1.82) is 0 Å². The van der Waals surface area contributed by atoms with Crippen LogP contribution in [0.3, 0.4) is 0 Å². The molecule has 1 N–H and O–H groups in total. The number of amides is 1. The molecule has 1 atom stereocenters. The number of nitrogens with one attached hydrogen (secondary N) is 1. The van der Waals surface area contributed by atoms with Gasteiger partial charge in [-0.25, -0.2) is 0 Å². The van der Waals surface area contributed by atoms with Crippen molar-refractivity contribution in [2.75, 3.05) is 5.32 Å². The molecule has 1 heterocycles. The molecule has 2 aromatic carbocycles. The minimum atomic E-state index is -0.403. The zero-order valence-electron chi connectivity index (χ0n) is 11.2. The predicted molar refractivity (Wildman–Crippen MR) is 78.2 cm³/mol. The number of hydrogen-bond donors (Lipinski definition) is 1. The Balaban J connectivity index is 2.13. The van der Waals surface area contributed by atoms with Crippen LogP contribution in [0.2, 0.25) is 0 Å². The summed E-state index contributed by atoms with van der Waals surface area (Å²) >= 11 is 0. The summed E-state index contributed by atoms with van der Waals surface area (Å²) in [4.78, 5) is 12.1. The van der Waals surface area contributed by atoms with E-state index in [4.69, 9.17) is 0 Å². The summed E-state index contributed by atoms with van der Waals surface area (Å²) in [7, 11) is 0. The van der Waals surface area contributed by atoms with Gasteiger partial charge in [-0.3, -0.25) is 4.79 Å². The zero-order chi connectivity index (χ0) is 13.5. The van der Waals surface area contributed by atoms with Gasteiger partial charge in [0.2, 0.25) is 5.91 Å². The molecule has 1 aliphatic heterocycles. The van der Waals surface area contributed by atoms with Crippen molar-refractivity contribution in [3.05, 3.63) is 54.1 Å². The van der Waals surface area contributed by atoms with Crippen molar-refractivity contribution >= 4 is 11.6 Å². The minimum Gasteiger partial charge on any atom is -0.325 e. The first-order valence-corrected chi connectivity index (χ1v) is 6.66. The van der Waals surface area contributed by atoms with E-state index in [0.717, 1.165) is 23.2 Å². The quantitative estimate of drug-likeness (QED) is 0.859. The van der Waals surface area contributed by atoms with E-state index in [1.807, 2.05) is 31.2 Å². The Morgan fingerprint density at radius 2 is 1.79 bits per heavy atom. The molecule has 0 bridgehead atoms. The molecule has 1 unspecified atom stereocenters. The normalized spacial score (nSPS) is 21.1. The fourth-order valence-electron chi connectivity index (χ4n) is 2.65. The van der Waals surface area contributed by atoms with Crippen LogP contribution in [0.15, 0.2) is 48.5 Å². The summed E-state index contributed by atoms with van der Waals surface area (Å²) in [6.45, 7) is 4.08. The number of anilines is 1. The Kier molecular flexibility index (Phi) is 2.67. The Bertz CT molecular complexity index is 633. The highest BCUT2D eigenvalue weighted by molar-refractivity contribution is 6.06. The van der Waals surface area contributed by atoms with Crippen LogP contribution in [-0.2, 0) is 10.2 Å². The van der Waals surface area contributed by atoms with Crippen LogP contribution in [0.5, 0.6) is 0 Å². The maximum Gasteiger partial charge on any atom is 0.234 e. The molecule has 1 aliphatic rings. The van der Waals surface area contributed by atoms with E-state index in [9.17, 15) is 4.79 Å². The highest BCUT2D eigenvalue weighted by Crippen LogP contribution is 2.41. The van der Waals surface area contributed by atoms with E-state index in [-0.39, 0.29) is 5.91 Å². The van der Waals surface area contributed by atoms with Crippen LogP contribution in [0.25, 0.3) is 11.1 Å². The Hall–Kier alpha value is -2.09. The Morgan fingerprint density at radius 3 is 2.47 bits per heavy atom. The summed E-state index contributed by atoms with van der Waals surface area (Å²) < 4.78 is 0. The second-order valence-corrected chi connectivity index (χ2v) is 5.27. The molecule has 3 rings (SSSR count). The first-order valence-electron chi connectivity index (χ1n) is 6.66. The van der Waals surface area contributed by atoms with Crippen LogP contribution < -0.4 is 5.32 Å². The van der Waals surface area contributed by atoms with E-state index >= 15 is 0 Å². The number of carbonyl (C=O) groups is 1. The van der Waals surface area contributed by atoms with Gasteiger partial charge in [-0.05, 0) is 42.2 Å². The molecule has 0 fully saturated rings. The van der Waals surface area contributed by atoms with Gasteiger partial charge >= 0.3 is 0 Å². The third-order valence-electron chi connectivity index (χ3n) is 4.18. The van der Waals surface area contributed by atoms with E-state index in [1.54, 1.807) is 0 Å². The van der Waals surface area contributed by atoms with Crippen molar-refractivity contribution in [1.82, 2.24) is 0 Å². The lowest BCUT2D eigenvalue weighted by Crippen LogP contribution is -2.29. The van der Waals surface area contributed by atoms with Crippen LogP contribution in [-0.4, -0.2) is 5.91 Å². The highest BCUT2D eigenvalue weighted by atomic mass is 16.2. The second-order valence-electron chi connectivity index (χ2n) is 5.27. The number of carbonyl (C=O) groups excluding carboxylic acids is 1. The Labute approximate surface area is 113 Å². The summed E-state index contributed by atoms with van der Waals surface area (Å²) in [5, 5.41) is 2.98. The number of fused-ring (bicyclic) bond motifs is 1. The maximum atomic E-state index is 12.1. The third kappa shape index (κ3) is 1.75. The molecule has 19 heavy (non-hydrogen) atoms. The van der Waals surface area contributed by atoms with Crippen molar-refractivity contribution in [3.8, 4) is 11.1 Å². The second kappa shape index (κ2) is 4.23. The van der Waals surface area contributed by atoms with E-state index in [2.05, 4.69) is 36.5 Å². The van der Waals surface area contributed by atoms with Crippen molar-refractivity contribution in [2.45, 2.75) is 25.7 Å². The lowest BCUT2D eigenvalue weighted by molar-refractivity contribution is -0.120. The standard InChI is InChI=1S/C17H17NO/c1-3-17(2)14-11-13(12-7-5-4-6-8-12)9-10-15(14)18-16(17)19/h4-11H,3H2,1-2H3,(H,18,19). The molecule has 0 spiro atoms. The molecule has 1 amide bonds. The van der Waals surface area contributed by atoms with Gasteiger partial charge in [-0.1, -0.05) is 43.3 Å². The van der Waals surface area contributed by atoms with Crippen molar-refractivity contribution in [2.24, 2.45) is 0 Å². The largest absolute Gasteiger partial charge is 0.325 e. The first-order chi connectivity index (χ1) is 9.15. The predicted octanol–water partition coefficient (Wildman–Crippen LogP) is 3.97. The van der Waals surface area contributed by atoms with Crippen LogP contribution in [0.4, 0.5) is 5.69 Å². The first kappa shape index (κ1) is 12.0. The molecule has 0 aliphatic carbocycles. The molecule has 0 saturated carbocycles. The fraction of sp³-hybridized carbons (Fsp3) is 0.235. The van der Waals surface area contributed by atoms with Crippen LogP contribution in [0.1, 0.15) is 25.8 Å². The number of rotatable bonds is 2.